The van der Waals surface area contributed by atoms with Gasteiger partial charge >= 0.3 is 0 Å². The Hall–Kier alpha value is -1.39. The number of hydrogen-bond donors (Lipinski definition) is 0. The summed E-state index contributed by atoms with van der Waals surface area (Å²) in [5, 5.41) is 0. The summed E-state index contributed by atoms with van der Waals surface area (Å²) in [4.78, 5) is 0.388. The standard InChI is InChI=1S/C15H17NO2S/c17-19(18,15-7-2-1-3-8-15)16-11-13-5-4-6-14(12-16)10-9-13/h1-5,7-10,13-14H,6,11-12H2. The molecule has 2 aliphatic rings. The molecular formula is C15H17NO2S. The highest BCUT2D eigenvalue weighted by atomic mass is 32.2. The van der Waals surface area contributed by atoms with Crippen molar-refractivity contribution in [3.8, 4) is 0 Å². The Morgan fingerprint density at radius 1 is 1.00 bits per heavy atom. The molecule has 1 aromatic carbocycles. The Bertz CT molecular complexity index is 604. The Balaban J connectivity index is 1.93. The van der Waals surface area contributed by atoms with Crippen molar-refractivity contribution in [1.29, 1.82) is 0 Å². The van der Waals surface area contributed by atoms with Crippen LogP contribution in [0.4, 0.5) is 0 Å². The zero-order valence-electron chi connectivity index (χ0n) is 10.6. The van der Waals surface area contributed by atoms with Crippen LogP contribution >= 0.6 is 0 Å². The minimum atomic E-state index is -3.37. The van der Waals surface area contributed by atoms with E-state index in [1.54, 1.807) is 28.6 Å². The van der Waals surface area contributed by atoms with Crippen LogP contribution in [-0.2, 0) is 10.0 Å². The minimum Gasteiger partial charge on any atom is -0.207 e. The third-order valence-electron chi connectivity index (χ3n) is 3.69. The molecular weight excluding hydrogens is 258 g/mol. The Kier molecular flexibility index (Phi) is 3.29. The smallest absolute Gasteiger partial charge is 0.207 e. The third kappa shape index (κ3) is 2.51. The molecule has 100 valence electrons. The van der Waals surface area contributed by atoms with Gasteiger partial charge in [0.1, 0.15) is 0 Å². The summed E-state index contributed by atoms with van der Waals surface area (Å²) < 4.78 is 26.9. The first-order chi connectivity index (χ1) is 9.16. The van der Waals surface area contributed by atoms with Gasteiger partial charge in [-0.05, 0) is 24.5 Å². The Morgan fingerprint density at radius 3 is 2.58 bits per heavy atom. The van der Waals surface area contributed by atoms with E-state index in [0.717, 1.165) is 6.42 Å². The SMILES string of the molecule is O=S(=O)(c1ccccc1)N1CC2C=CCC(C=C2)C1. The van der Waals surface area contributed by atoms with Crippen LogP contribution in [0.15, 0.2) is 59.5 Å². The molecule has 0 spiro atoms. The molecule has 0 saturated heterocycles. The van der Waals surface area contributed by atoms with Gasteiger partial charge in [-0.2, -0.15) is 4.31 Å². The van der Waals surface area contributed by atoms with Crippen LogP contribution in [0.25, 0.3) is 0 Å². The fraction of sp³-hybridized carbons (Fsp3) is 0.333. The normalized spacial score (nSPS) is 27.2. The number of allylic oxidation sites excluding steroid dienone is 1. The van der Waals surface area contributed by atoms with Crippen molar-refractivity contribution >= 4 is 10.0 Å². The zero-order valence-corrected chi connectivity index (χ0v) is 11.5. The summed E-state index contributed by atoms with van der Waals surface area (Å²) in [6.45, 7) is 1.12. The molecule has 0 fully saturated rings. The first kappa shape index (κ1) is 12.6. The van der Waals surface area contributed by atoms with Gasteiger partial charge in [-0.25, -0.2) is 8.42 Å². The zero-order chi connectivity index (χ0) is 13.3. The topological polar surface area (TPSA) is 37.4 Å². The van der Waals surface area contributed by atoms with Crippen LogP contribution < -0.4 is 0 Å². The van der Waals surface area contributed by atoms with Crippen molar-refractivity contribution < 1.29 is 8.42 Å². The molecule has 0 aromatic heterocycles. The van der Waals surface area contributed by atoms with E-state index in [-0.39, 0.29) is 5.92 Å². The van der Waals surface area contributed by atoms with Crippen molar-refractivity contribution in [1.82, 2.24) is 4.31 Å². The molecule has 0 N–H and O–H groups in total. The van der Waals surface area contributed by atoms with Gasteiger partial charge in [-0.1, -0.05) is 42.5 Å². The number of nitrogens with zero attached hydrogens (tertiary/aromatic N) is 1. The van der Waals surface area contributed by atoms with E-state index in [1.807, 2.05) is 6.07 Å². The second-order valence-corrected chi connectivity index (χ2v) is 7.05. The summed E-state index contributed by atoms with van der Waals surface area (Å²) in [5.41, 5.74) is 0. The van der Waals surface area contributed by atoms with Crippen LogP contribution in [0, 0.1) is 11.8 Å². The minimum absolute atomic E-state index is 0.200. The number of hydrogen-bond acceptors (Lipinski definition) is 2. The molecule has 1 aromatic rings. The summed E-state index contributed by atoms with van der Waals surface area (Å²) in [6, 6.07) is 8.70. The molecule has 19 heavy (non-hydrogen) atoms. The van der Waals surface area contributed by atoms with Gasteiger partial charge < -0.3 is 0 Å². The second kappa shape index (κ2) is 4.94. The number of fused-ring (bicyclic) bond motifs is 2. The summed E-state index contributed by atoms with van der Waals surface area (Å²) in [6.07, 6.45) is 9.50. The number of benzene rings is 1. The molecule has 3 nitrogen and oxygen atoms in total. The fourth-order valence-corrected chi connectivity index (χ4v) is 4.19. The summed E-state index contributed by atoms with van der Waals surface area (Å²) in [5.74, 6) is 0.494. The predicted molar refractivity (Wildman–Crippen MR) is 75.1 cm³/mol. The van der Waals surface area contributed by atoms with Crippen molar-refractivity contribution in [3.63, 3.8) is 0 Å². The van der Waals surface area contributed by atoms with Gasteiger partial charge in [-0.3, -0.25) is 0 Å². The lowest BCUT2D eigenvalue weighted by Gasteiger charge is -2.26. The van der Waals surface area contributed by atoms with Crippen molar-refractivity contribution in [2.75, 3.05) is 13.1 Å². The average molecular weight is 275 g/mol. The van der Waals surface area contributed by atoms with E-state index < -0.39 is 10.0 Å². The summed E-state index contributed by atoms with van der Waals surface area (Å²) in [7, 11) is -3.37. The average Bonchev–Trinajstić information content (AvgIpc) is 2.73. The molecule has 1 aliphatic heterocycles. The van der Waals surface area contributed by atoms with E-state index >= 15 is 0 Å². The maximum Gasteiger partial charge on any atom is 0.243 e. The van der Waals surface area contributed by atoms with E-state index in [2.05, 4.69) is 24.3 Å². The van der Waals surface area contributed by atoms with Gasteiger partial charge in [0.15, 0.2) is 0 Å². The van der Waals surface area contributed by atoms with Crippen LogP contribution in [-0.4, -0.2) is 25.8 Å². The number of rotatable bonds is 2. The maximum atomic E-state index is 12.6. The van der Waals surface area contributed by atoms with Crippen LogP contribution in [0.3, 0.4) is 0 Å². The molecule has 2 bridgehead atoms. The molecule has 0 saturated carbocycles. The van der Waals surface area contributed by atoms with Gasteiger partial charge in [0.2, 0.25) is 10.0 Å². The molecule has 2 unspecified atom stereocenters. The highest BCUT2D eigenvalue weighted by Gasteiger charge is 2.30. The molecule has 1 aliphatic carbocycles. The van der Waals surface area contributed by atoms with E-state index in [0.29, 0.717) is 23.9 Å². The van der Waals surface area contributed by atoms with E-state index in [9.17, 15) is 8.42 Å². The highest BCUT2D eigenvalue weighted by Crippen LogP contribution is 2.26. The molecule has 0 radical (unpaired) electrons. The van der Waals surface area contributed by atoms with E-state index in [1.165, 1.54) is 0 Å². The largest absolute Gasteiger partial charge is 0.243 e. The second-order valence-electron chi connectivity index (χ2n) is 5.11. The molecule has 4 heteroatoms. The maximum absolute atomic E-state index is 12.6. The Morgan fingerprint density at radius 2 is 1.79 bits per heavy atom. The van der Waals surface area contributed by atoms with Crippen LogP contribution in [0.2, 0.25) is 0 Å². The van der Waals surface area contributed by atoms with Crippen molar-refractivity contribution in [2.45, 2.75) is 11.3 Å². The highest BCUT2D eigenvalue weighted by molar-refractivity contribution is 7.89. The fourth-order valence-electron chi connectivity index (χ4n) is 2.64. The quantitative estimate of drug-likeness (QED) is 0.777. The van der Waals surface area contributed by atoms with Gasteiger partial charge in [0, 0.05) is 19.0 Å². The summed E-state index contributed by atoms with van der Waals surface area (Å²) >= 11 is 0. The predicted octanol–water partition coefficient (Wildman–Crippen LogP) is 2.44. The monoisotopic (exact) mass is 275 g/mol. The van der Waals surface area contributed by atoms with Gasteiger partial charge in [-0.15, -0.1) is 0 Å². The molecule has 3 rings (SSSR count). The first-order valence-electron chi connectivity index (χ1n) is 6.56. The number of sulfonamides is 1. The lowest BCUT2D eigenvalue weighted by Crippen LogP contribution is -2.37. The van der Waals surface area contributed by atoms with Crippen molar-refractivity contribution in [3.05, 3.63) is 54.6 Å². The van der Waals surface area contributed by atoms with Crippen molar-refractivity contribution in [2.24, 2.45) is 11.8 Å². The molecule has 0 amide bonds. The lowest BCUT2D eigenvalue weighted by atomic mass is 10.1. The van der Waals surface area contributed by atoms with E-state index in [4.69, 9.17) is 0 Å². The van der Waals surface area contributed by atoms with Crippen LogP contribution in [0.1, 0.15) is 6.42 Å². The third-order valence-corrected chi connectivity index (χ3v) is 5.53. The first-order valence-corrected chi connectivity index (χ1v) is 8.00. The Labute approximate surface area is 114 Å². The van der Waals surface area contributed by atoms with Crippen LogP contribution in [0.5, 0.6) is 0 Å². The molecule has 2 atom stereocenters. The molecule has 1 heterocycles. The lowest BCUT2D eigenvalue weighted by molar-refractivity contribution is 0.364. The van der Waals surface area contributed by atoms with Gasteiger partial charge in [0.05, 0.1) is 4.90 Å². The van der Waals surface area contributed by atoms with Gasteiger partial charge in [0.25, 0.3) is 0 Å².